The van der Waals surface area contributed by atoms with Crippen molar-refractivity contribution in [3.63, 3.8) is 0 Å². The van der Waals surface area contributed by atoms with Crippen LogP contribution in [0.2, 0.25) is 0 Å². The number of benzene rings is 1. The highest BCUT2D eigenvalue weighted by Gasteiger charge is 2.48. The van der Waals surface area contributed by atoms with Crippen LogP contribution in [0.4, 0.5) is 4.79 Å². The molecule has 0 bridgehead atoms. The third-order valence-electron chi connectivity index (χ3n) is 5.96. The van der Waals surface area contributed by atoms with Gasteiger partial charge in [-0.2, -0.15) is 0 Å². The van der Waals surface area contributed by atoms with Crippen molar-refractivity contribution >= 4 is 30.0 Å². The van der Waals surface area contributed by atoms with E-state index in [1.807, 2.05) is 12.1 Å². The Balaban J connectivity index is 1.87. The monoisotopic (exact) mass is 458 g/mol. The van der Waals surface area contributed by atoms with Crippen LogP contribution in [0.25, 0.3) is 6.08 Å². The lowest BCUT2D eigenvalue weighted by Gasteiger charge is -2.38. The summed E-state index contributed by atoms with van der Waals surface area (Å²) in [5.74, 6) is -1.78. The standard InChI is InChI=1S/C23H30N4O6/c1-14(2)18(25-22(31)33-4)20(29)27-13-7-10-17(27)19(28)26-23(21(30)32-3)16-9-6-5-8-15(16)11-12-24-23/h5-6,8-9,11-12,14,17-18,24H,7,10,13H2,1-4H3,(H,25,31)(H,26,28). The SMILES string of the molecule is COC(=O)NC(C(=O)N1CCCC1C(=O)NC1(C(=O)OC)NC=Cc2ccccc21)C(C)C. The zero-order valence-electron chi connectivity index (χ0n) is 19.2. The molecule has 33 heavy (non-hydrogen) atoms. The molecule has 3 unspecified atom stereocenters. The van der Waals surface area contributed by atoms with Crippen molar-refractivity contribution in [2.45, 2.75) is 44.4 Å². The fourth-order valence-electron chi connectivity index (χ4n) is 4.24. The van der Waals surface area contributed by atoms with Crippen LogP contribution >= 0.6 is 0 Å². The van der Waals surface area contributed by atoms with Crippen LogP contribution in [0.5, 0.6) is 0 Å². The molecule has 0 saturated carbocycles. The highest BCUT2D eigenvalue weighted by Crippen LogP contribution is 2.30. The number of carbonyl (C=O) groups is 4. The van der Waals surface area contributed by atoms with Crippen molar-refractivity contribution in [1.29, 1.82) is 0 Å². The first-order chi connectivity index (χ1) is 15.7. The van der Waals surface area contributed by atoms with Crippen molar-refractivity contribution in [1.82, 2.24) is 20.9 Å². The number of amides is 3. The lowest BCUT2D eigenvalue weighted by Crippen LogP contribution is -2.64. The number of ether oxygens (including phenoxy) is 2. The van der Waals surface area contributed by atoms with Gasteiger partial charge in [0.1, 0.15) is 12.1 Å². The van der Waals surface area contributed by atoms with Crippen molar-refractivity contribution in [2.75, 3.05) is 20.8 Å². The van der Waals surface area contributed by atoms with Crippen LogP contribution in [0.15, 0.2) is 30.5 Å². The van der Waals surface area contributed by atoms with E-state index in [0.717, 1.165) is 5.56 Å². The van der Waals surface area contributed by atoms with Gasteiger partial charge < -0.3 is 30.3 Å². The minimum atomic E-state index is -1.63. The van der Waals surface area contributed by atoms with Gasteiger partial charge in [0.05, 0.1) is 14.2 Å². The van der Waals surface area contributed by atoms with E-state index in [4.69, 9.17) is 4.74 Å². The van der Waals surface area contributed by atoms with Crippen molar-refractivity contribution in [3.05, 3.63) is 41.6 Å². The predicted octanol–water partition coefficient (Wildman–Crippen LogP) is 1.07. The second-order valence-electron chi connectivity index (χ2n) is 8.34. The Morgan fingerprint density at radius 2 is 1.88 bits per heavy atom. The van der Waals surface area contributed by atoms with Gasteiger partial charge in [0.15, 0.2) is 0 Å². The number of esters is 1. The highest BCUT2D eigenvalue weighted by atomic mass is 16.5. The van der Waals surface area contributed by atoms with E-state index in [1.54, 1.807) is 38.3 Å². The minimum absolute atomic E-state index is 0.223. The molecular formula is C23H30N4O6. The van der Waals surface area contributed by atoms with Crippen LogP contribution < -0.4 is 16.0 Å². The Labute approximate surface area is 192 Å². The summed E-state index contributed by atoms with van der Waals surface area (Å²) < 4.78 is 9.66. The Hall–Kier alpha value is -3.56. The van der Waals surface area contributed by atoms with Gasteiger partial charge in [-0.1, -0.05) is 38.1 Å². The van der Waals surface area contributed by atoms with Crippen molar-refractivity contribution < 1.29 is 28.7 Å². The lowest BCUT2D eigenvalue weighted by molar-refractivity contribution is -0.154. The summed E-state index contributed by atoms with van der Waals surface area (Å²) in [4.78, 5) is 52.8. The molecule has 3 amide bonds. The Morgan fingerprint density at radius 1 is 1.15 bits per heavy atom. The number of hydrogen-bond acceptors (Lipinski definition) is 7. The van der Waals surface area contributed by atoms with Gasteiger partial charge >= 0.3 is 12.1 Å². The molecule has 10 heteroatoms. The Morgan fingerprint density at radius 3 is 2.55 bits per heavy atom. The summed E-state index contributed by atoms with van der Waals surface area (Å²) in [6.45, 7) is 3.95. The number of fused-ring (bicyclic) bond motifs is 1. The molecule has 2 heterocycles. The molecule has 1 aromatic rings. The zero-order chi connectivity index (χ0) is 24.2. The van der Waals surface area contributed by atoms with E-state index >= 15 is 0 Å². The number of nitrogens with one attached hydrogen (secondary N) is 3. The van der Waals surface area contributed by atoms with Crippen molar-refractivity contribution in [2.24, 2.45) is 5.92 Å². The smallest absolute Gasteiger partial charge is 0.407 e. The summed E-state index contributed by atoms with van der Waals surface area (Å²) in [7, 11) is 2.47. The molecular weight excluding hydrogens is 428 g/mol. The number of nitrogens with zero attached hydrogens (tertiary/aromatic N) is 1. The first-order valence-corrected chi connectivity index (χ1v) is 10.8. The average Bonchev–Trinajstić information content (AvgIpc) is 3.31. The Bertz CT molecular complexity index is 962. The zero-order valence-corrected chi connectivity index (χ0v) is 19.2. The van der Waals surface area contributed by atoms with Crippen LogP contribution in [0.3, 0.4) is 0 Å². The third-order valence-corrected chi connectivity index (χ3v) is 5.96. The first kappa shape index (κ1) is 24.1. The molecule has 3 rings (SSSR count). The molecule has 3 atom stereocenters. The molecule has 3 N–H and O–H groups in total. The summed E-state index contributed by atoms with van der Waals surface area (Å²) >= 11 is 0. The summed E-state index contributed by atoms with van der Waals surface area (Å²) in [6.07, 6.45) is 3.69. The number of methoxy groups -OCH3 is 2. The molecule has 10 nitrogen and oxygen atoms in total. The second kappa shape index (κ2) is 9.93. The molecule has 0 aliphatic carbocycles. The molecule has 1 saturated heterocycles. The number of alkyl carbamates (subject to hydrolysis) is 1. The number of carbonyl (C=O) groups excluding carboxylic acids is 4. The molecule has 178 valence electrons. The molecule has 2 aliphatic heterocycles. The summed E-state index contributed by atoms with van der Waals surface area (Å²) in [5.41, 5.74) is -0.338. The Kier molecular flexibility index (Phi) is 7.25. The minimum Gasteiger partial charge on any atom is -0.466 e. The van der Waals surface area contributed by atoms with Gasteiger partial charge in [-0.05, 0) is 36.6 Å². The number of rotatable bonds is 6. The fourth-order valence-corrected chi connectivity index (χ4v) is 4.24. The maximum Gasteiger partial charge on any atom is 0.407 e. The molecule has 0 spiro atoms. The molecule has 1 fully saturated rings. The van der Waals surface area contributed by atoms with Gasteiger partial charge in [0.25, 0.3) is 0 Å². The van der Waals surface area contributed by atoms with Crippen LogP contribution in [0.1, 0.15) is 37.8 Å². The lowest BCUT2D eigenvalue weighted by atomic mass is 9.91. The maximum atomic E-state index is 13.4. The van der Waals surface area contributed by atoms with Crippen LogP contribution in [0, 0.1) is 5.92 Å². The quantitative estimate of drug-likeness (QED) is 0.545. The van der Waals surface area contributed by atoms with Crippen molar-refractivity contribution in [3.8, 4) is 0 Å². The number of likely N-dealkylation sites (tertiary alicyclic amines) is 1. The topological polar surface area (TPSA) is 126 Å². The van der Waals surface area contributed by atoms with Crippen LogP contribution in [-0.4, -0.2) is 61.6 Å². The highest BCUT2D eigenvalue weighted by molar-refractivity contribution is 5.96. The van der Waals surface area contributed by atoms with E-state index in [0.29, 0.717) is 24.9 Å². The summed E-state index contributed by atoms with van der Waals surface area (Å²) in [5, 5.41) is 8.30. The summed E-state index contributed by atoms with van der Waals surface area (Å²) in [6, 6.07) is 5.50. The number of hydrogen-bond donors (Lipinski definition) is 3. The third kappa shape index (κ3) is 4.64. The largest absolute Gasteiger partial charge is 0.466 e. The predicted molar refractivity (Wildman–Crippen MR) is 119 cm³/mol. The normalized spacial score (nSPS) is 22.1. The van der Waals surface area contributed by atoms with Gasteiger partial charge in [0, 0.05) is 12.1 Å². The van der Waals surface area contributed by atoms with E-state index in [9.17, 15) is 19.2 Å². The van der Waals surface area contributed by atoms with Gasteiger partial charge in [-0.25, -0.2) is 9.59 Å². The van der Waals surface area contributed by atoms with Gasteiger partial charge in [-0.15, -0.1) is 0 Å². The van der Waals surface area contributed by atoms with E-state index in [2.05, 4.69) is 20.7 Å². The molecule has 0 radical (unpaired) electrons. The van der Waals surface area contributed by atoms with Gasteiger partial charge in [0.2, 0.25) is 17.5 Å². The molecule has 0 aromatic heterocycles. The molecule has 1 aromatic carbocycles. The maximum absolute atomic E-state index is 13.4. The average molecular weight is 459 g/mol. The van der Waals surface area contributed by atoms with E-state index < -0.39 is 35.7 Å². The van der Waals surface area contributed by atoms with Crippen LogP contribution in [-0.2, 0) is 29.5 Å². The second-order valence-corrected chi connectivity index (χ2v) is 8.34. The van der Waals surface area contributed by atoms with Gasteiger partial charge in [-0.3, -0.25) is 9.59 Å². The van der Waals surface area contributed by atoms with E-state index in [1.165, 1.54) is 19.1 Å². The molecule has 2 aliphatic rings. The first-order valence-electron chi connectivity index (χ1n) is 10.8. The van der Waals surface area contributed by atoms with E-state index in [-0.39, 0.29) is 11.8 Å². The fraction of sp³-hybridized carbons (Fsp3) is 0.478.